The SMILES string of the molecule is O=C(O)c1ccc([C@H]2Nc3ccc(S(=O)(=O)Nc4ccc(Cl)cc4Cl)cc3[C@H]3C=CC[C@H]32)cc1. The summed E-state index contributed by atoms with van der Waals surface area (Å²) < 4.78 is 28.7. The molecule has 0 aromatic heterocycles. The molecule has 3 atom stereocenters. The largest absolute Gasteiger partial charge is 0.478 e. The summed E-state index contributed by atoms with van der Waals surface area (Å²) in [5.74, 6) is -0.745. The van der Waals surface area contributed by atoms with Crippen LogP contribution in [-0.4, -0.2) is 19.5 Å². The number of hydrogen-bond acceptors (Lipinski definition) is 4. The molecule has 0 unspecified atom stereocenters. The van der Waals surface area contributed by atoms with Gasteiger partial charge in [0.05, 0.1) is 27.2 Å². The minimum absolute atomic E-state index is 0.0243. The van der Waals surface area contributed by atoms with Gasteiger partial charge in [0.1, 0.15) is 0 Å². The first-order valence-electron chi connectivity index (χ1n) is 10.6. The van der Waals surface area contributed by atoms with Crippen molar-refractivity contribution < 1.29 is 18.3 Å². The van der Waals surface area contributed by atoms with Gasteiger partial charge in [-0.25, -0.2) is 13.2 Å². The van der Waals surface area contributed by atoms with Gasteiger partial charge < -0.3 is 10.4 Å². The van der Waals surface area contributed by atoms with Gasteiger partial charge in [0.25, 0.3) is 10.0 Å². The number of aromatic carboxylic acids is 1. The molecule has 1 aliphatic heterocycles. The van der Waals surface area contributed by atoms with E-state index in [0.29, 0.717) is 5.02 Å². The predicted octanol–water partition coefficient (Wildman–Crippen LogP) is 6.32. The Morgan fingerprint density at radius 1 is 1.03 bits per heavy atom. The lowest BCUT2D eigenvalue weighted by atomic mass is 9.77. The van der Waals surface area contributed by atoms with E-state index in [1.165, 1.54) is 12.1 Å². The highest BCUT2D eigenvalue weighted by atomic mass is 35.5. The van der Waals surface area contributed by atoms with Crippen molar-refractivity contribution in [1.29, 1.82) is 0 Å². The number of rotatable bonds is 5. The molecular formula is C25H20Cl2N2O4S. The Hall–Kier alpha value is -3.00. The maximum absolute atomic E-state index is 13.1. The third-order valence-corrected chi connectivity index (χ3v) is 8.25. The van der Waals surface area contributed by atoms with Crippen LogP contribution in [0.2, 0.25) is 10.0 Å². The first-order valence-corrected chi connectivity index (χ1v) is 12.8. The van der Waals surface area contributed by atoms with Crippen LogP contribution < -0.4 is 10.0 Å². The lowest BCUT2D eigenvalue weighted by Crippen LogP contribution is -2.29. The maximum Gasteiger partial charge on any atom is 0.335 e. The van der Waals surface area contributed by atoms with Gasteiger partial charge >= 0.3 is 5.97 Å². The highest BCUT2D eigenvalue weighted by Crippen LogP contribution is 2.50. The average molecular weight is 515 g/mol. The topological polar surface area (TPSA) is 95.5 Å². The zero-order valence-corrected chi connectivity index (χ0v) is 20.0. The minimum atomic E-state index is -3.87. The van der Waals surface area contributed by atoms with E-state index in [4.69, 9.17) is 23.2 Å². The standard InChI is InChI=1S/C25H20Cl2N2O4S/c26-16-8-10-23(21(27)12-16)29-34(32,33)17-9-11-22-20(13-17)18-2-1-3-19(18)24(28-22)14-4-6-15(7-5-14)25(30)31/h1-2,4-13,18-19,24,28-29H,3H2,(H,30,31)/t18-,19+,24+/m0/s1. The molecule has 6 nitrogen and oxygen atoms in total. The predicted molar refractivity (Wildman–Crippen MR) is 133 cm³/mol. The Morgan fingerprint density at radius 2 is 1.79 bits per heavy atom. The zero-order chi connectivity index (χ0) is 24.0. The molecule has 0 bridgehead atoms. The smallest absolute Gasteiger partial charge is 0.335 e. The Morgan fingerprint density at radius 3 is 2.50 bits per heavy atom. The summed E-state index contributed by atoms with van der Waals surface area (Å²) in [6.07, 6.45) is 5.05. The number of carboxylic acid groups (broad SMARTS) is 1. The summed E-state index contributed by atoms with van der Waals surface area (Å²) >= 11 is 12.1. The van der Waals surface area contributed by atoms with Crippen LogP contribution in [0.15, 0.2) is 77.7 Å². The quantitative estimate of drug-likeness (QED) is 0.346. The molecule has 2 aliphatic rings. The Bertz CT molecular complexity index is 1420. The van der Waals surface area contributed by atoms with Crippen molar-refractivity contribution >= 4 is 50.6 Å². The third kappa shape index (κ3) is 4.15. The summed E-state index contributed by atoms with van der Waals surface area (Å²) in [5.41, 5.74) is 3.24. The highest BCUT2D eigenvalue weighted by molar-refractivity contribution is 7.92. The molecule has 0 amide bonds. The molecule has 1 heterocycles. The second-order valence-electron chi connectivity index (χ2n) is 8.38. The zero-order valence-electron chi connectivity index (χ0n) is 17.7. The summed E-state index contributed by atoms with van der Waals surface area (Å²) in [7, 11) is -3.87. The number of carbonyl (C=O) groups is 1. The van der Waals surface area contributed by atoms with Crippen molar-refractivity contribution in [2.45, 2.75) is 23.3 Å². The number of carboxylic acids is 1. The lowest BCUT2D eigenvalue weighted by molar-refractivity contribution is 0.0697. The number of benzene rings is 3. The molecule has 0 radical (unpaired) electrons. The first-order chi connectivity index (χ1) is 16.2. The monoisotopic (exact) mass is 514 g/mol. The van der Waals surface area contributed by atoms with Crippen molar-refractivity contribution in [2.24, 2.45) is 5.92 Å². The molecular weight excluding hydrogens is 495 g/mol. The van der Waals surface area contributed by atoms with Crippen molar-refractivity contribution in [3.63, 3.8) is 0 Å². The Labute approximate surface area is 207 Å². The van der Waals surface area contributed by atoms with Crippen molar-refractivity contribution in [1.82, 2.24) is 0 Å². The number of halogens is 2. The molecule has 5 rings (SSSR count). The van der Waals surface area contributed by atoms with E-state index in [0.717, 1.165) is 23.2 Å². The van der Waals surface area contributed by atoms with Crippen molar-refractivity contribution in [2.75, 3.05) is 10.0 Å². The van der Waals surface area contributed by atoms with E-state index in [1.54, 1.807) is 36.4 Å². The van der Waals surface area contributed by atoms with Crippen LogP contribution in [0.5, 0.6) is 0 Å². The molecule has 0 saturated heterocycles. The minimum Gasteiger partial charge on any atom is -0.478 e. The molecule has 3 aromatic rings. The molecule has 34 heavy (non-hydrogen) atoms. The summed E-state index contributed by atoms with van der Waals surface area (Å²) in [5, 5.41) is 13.4. The van der Waals surface area contributed by atoms with Gasteiger partial charge in [0, 0.05) is 16.6 Å². The second kappa shape index (κ2) is 8.65. The van der Waals surface area contributed by atoms with E-state index >= 15 is 0 Å². The molecule has 174 valence electrons. The number of hydrogen-bond donors (Lipinski definition) is 3. The summed E-state index contributed by atoms with van der Waals surface area (Å²) in [6.45, 7) is 0. The Kier molecular flexibility index (Phi) is 5.80. The van der Waals surface area contributed by atoms with Crippen LogP contribution in [0.1, 0.15) is 39.9 Å². The molecule has 1 aliphatic carbocycles. The summed E-state index contributed by atoms with van der Waals surface area (Å²) in [6, 6.07) is 16.5. The van der Waals surface area contributed by atoms with Crippen LogP contribution in [0.25, 0.3) is 0 Å². The number of fused-ring (bicyclic) bond motifs is 3. The fraction of sp³-hybridized carbons (Fsp3) is 0.160. The number of nitrogens with one attached hydrogen (secondary N) is 2. The van der Waals surface area contributed by atoms with Gasteiger partial charge in [-0.2, -0.15) is 0 Å². The first kappa shape index (κ1) is 22.8. The third-order valence-electron chi connectivity index (χ3n) is 6.34. The molecule has 3 aromatic carbocycles. The van der Waals surface area contributed by atoms with Gasteiger partial charge in [0.2, 0.25) is 0 Å². The van der Waals surface area contributed by atoms with Crippen LogP contribution in [0.4, 0.5) is 11.4 Å². The van der Waals surface area contributed by atoms with E-state index < -0.39 is 16.0 Å². The van der Waals surface area contributed by atoms with Gasteiger partial charge in [-0.05, 0) is 72.0 Å². The van der Waals surface area contributed by atoms with Gasteiger partial charge in [-0.1, -0.05) is 47.5 Å². The number of sulfonamides is 1. The van der Waals surface area contributed by atoms with E-state index in [2.05, 4.69) is 22.2 Å². The van der Waals surface area contributed by atoms with E-state index in [9.17, 15) is 18.3 Å². The Balaban J connectivity index is 1.47. The van der Waals surface area contributed by atoms with Crippen LogP contribution in [0, 0.1) is 5.92 Å². The fourth-order valence-electron chi connectivity index (χ4n) is 4.68. The fourth-order valence-corrected chi connectivity index (χ4v) is 6.31. The van der Waals surface area contributed by atoms with Crippen molar-refractivity contribution in [3.8, 4) is 0 Å². The number of allylic oxidation sites excluding steroid dienone is 2. The van der Waals surface area contributed by atoms with E-state index in [1.807, 2.05) is 12.1 Å². The van der Waals surface area contributed by atoms with Crippen LogP contribution in [-0.2, 0) is 10.0 Å². The number of anilines is 2. The normalized spacial score (nSPS) is 20.8. The maximum atomic E-state index is 13.1. The molecule has 9 heteroatoms. The molecule has 3 N–H and O–H groups in total. The summed E-state index contributed by atoms with van der Waals surface area (Å²) in [4.78, 5) is 11.3. The molecule has 0 fully saturated rings. The van der Waals surface area contributed by atoms with Crippen LogP contribution >= 0.6 is 23.2 Å². The average Bonchev–Trinajstić information content (AvgIpc) is 3.30. The van der Waals surface area contributed by atoms with Crippen LogP contribution in [0.3, 0.4) is 0 Å². The van der Waals surface area contributed by atoms with Gasteiger partial charge in [-0.15, -0.1) is 0 Å². The van der Waals surface area contributed by atoms with Crippen molar-refractivity contribution in [3.05, 3.63) is 99.6 Å². The van der Waals surface area contributed by atoms with Gasteiger partial charge in [0.15, 0.2) is 0 Å². The molecule has 0 spiro atoms. The molecule has 0 saturated carbocycles. The lowest BCUT2D eigenvalue weighted by Gasteiger charge is -2.37. The highest BCUT2D eigenvalue weighted by Gasteiger charge is 2.38. The second-order valence-corrected chi connectivity index (χ2v) is 10.9. The van der Waals surface area contributed by atoms with Gasteiger partial charge in [-0.3, -0.25) is 4.72 Å². The van der Waals surface area contributed by atoms with E-state index in [-0.39, 0.29) is 39.0 Å².